The minimum Gasteiger partial charge on any atom is -0.478 e. The van der Waals surface area contributed by atoms with Crippen LogP contribution in [0.2, 0.25) is 5.15 Å². The van der Waals surface area contributed by atoms with Gasteiger partial charge in [0.05, 0.1) is 6.61 Å². The summed E-state index contributed by atoms with van der Waals surface area (Å²) in [7, 11) is 0. The van der Waals surface area contributed by atoms with Crippen LogP contribution in [0.1, 0.15) is 33.0 Å². The van der Waals surface area contributed by atoms with E-state index in [1.807, 2.05) is 6.92 Å². The highest BCUT2D eigenvalue weighted by Gasteiger charge is 2.05. The van der Waals surface area contributed by atoms with Gasteiger partial charge < -0.3 is 9.47 Å². The van der Waals surface area contributed by atoms with Crippen LogP contribution < -0.4 is 4.74 Å². The van der Waals surface area contributed by atoms with E-state index in [2.05, 4.69) is 23.8 Å². The lowest BCUT2D eigenvalue weighted by molar-refractivity contribution is 0.127. The van der Waals surface area contributed by atoms with Crippen LogP contribution in [0.4, 0.5) is 0 Å². The van der Waals surface area contributed by atoms with Crippen molar-refractivity contribution in [2.24, 2.45) is 5.92 Å². The molecule has 96 valence electrons. The molecule has 0 spiro atoms. The molecule has 0 saturated heterocycles. The predicted octanol–water partition coefficient (Wildman–Crippen LogP) is 3.09. The normalized spacial score (nSPS) is 10.9. The van der Waals surface area contributed by atoms with Crippen LogP contribution in [-0.2, 0) is 11.3 Å². The van der Waals surface area contributed by atoms with E-state index in [0.717, 1.165) is 6.42 Å². The number of nitrogens with zero attached hydrogens (tertiary/aromatic N) is 2. The Morgan fingerprint density at radius 2 is 2.12 bits per heavy atom. The number of hydrogen-bond donors (Lipinski definition) is 0. The van der Waals surface area contributed by atoms with Crippen molar-refractivity contribution in [2.45, 2.75) is 33.8 Å². The Balaban J connectivity index is 2.55. The van der Waals surface area contributed by atoms with Crippen molar-refractivity contribution in [3.05, 3.63) is 17.0 Å². The zero-order valence-corrected chi connectivity index (χ0v) is 11.3. The molecule has 0 aliphatic rings. The first-order valence-electron chi connectivity index (χ1n) is 5.85. The molecule has 0 unspecified atom stereocenters. The molecular formula is C12H19ClN2O2. The van der Waals surface area contributed by atoms with Gasteiger partial charge in [0.2, 0.25) is 5.88 Å². The third kappa shape index (κ3) is 5.84. The molecule has 0 bridgehead atoms. The Labute approximate surface area is 107 Å². The Hall–Kier alpha value is -0.870. The van der Waals surface area contributed by atoms with Crippen LogP contribution in [0.15, 0.2) is 6.07 Å². The van der Waals surface area contributed by atoms with Crippen LogP contribution in [0.25, 0.3) is 0 Å². The fourth-order valence-corrected chi connectivity index (χ4v) is 1.36. The summed E-state index contributed by atoms with van der Waals surface area (Å²) >= 11 is 5.88. The first kappa shape index (κ1) is 14.2. The van der Waals surface area contributed by atoms with Crippen LogP contribution in [0, 0.1) is 5.92 Å². The second kappa shape index (κ2) is 7.45. The number of ether oxygens (including phenoxy) is 2. The summed E-state index contributed by atoms with van der Waals surface area (Å²) in [4.78, 5) is 8.29. The number of halogens is 1. The summed E-state index contributed by atoms with van der Waals surface area (Å²) in [6.45, 7) is 7.84. The lowest BCUT2D eigenvalue weighted by atomic mass is 10.1. The molecule has 1 heterocycles. The van der Waals surface area contributed by atoms with Gasteiger partial charge in [0.25, 0.3) is 0 Å². The fraction of sp³-hybridized carbons (Fsp3) is 0.667. The highest BCUT2D eigenvalue weighted by Crippen LogP contribution is 2.15. The maximum atomic E-state index is 5.88. The van der Waals surface area contributed by atoms with Crippen molar-refractivity contribution < 1.29 is 9.47 Å². The summed E-state index contributed by atoms with van der Waals surface area (Å²) in [6, 6.07) is 1.62. The van der Waals surface area contributed by atoms with Crippen molar-refractivity contribution in [1.29, 1.82) is 0 Å². The third-order valence-electron chi connectivity index (χ3n) is 2.10. The quantitative estimate of drug-likeness (QED) is 0.705. The van der Waals surface area contributed by atoms with Gasteiger partial charge in [-0.15, -0.1) is 0 Å². The molecule has 1 rings (SSSR count). The van der Waals surface area contributed by atoms with E-state index >= 15 is 0 Å². The van der Waals surface area contributed by atoms with Crippen LogP contribution >= 0.6 is 11.6 Å². The van der Waals surface area contributed by atoms with Crippen molar-refractivity contribution in [3.63, 3.8) is 0 Å². The van der Waals surface area contributed by atoms with E-state index in [4.69, 9.17) is 21.1 Å². The predicted molar refractivity (Wildman–Crippen MR) is 67.3 cm³/mol. The summed E-state index contributed by atoms with van der Waals surface area (Å²) in [5.41, 5.74) is 0. The van der Waals surface area contributed by atoms with E-state index in [-0.39, 0.29) is 0 Å². The second-order valence-corrected chi connectivity index (χ2v) is 4.50. The van der Waals surface area contributed by atoms with Gasteiger partial charge in [-0.25, -0.2) is 4.98 Å². The molecule has 0 N–H and O–H groups in total. The topological polar surface area (TPSA) is 44.2 Å². The van der Waals surface area contributed by atoms with E-state index in [1.54, 1.807) is 6.07 Å². The number of aromatic nitrogens is 2. The smallest absolute Gasteiger partial charge is 0.218 e. The second-order valence-electron chi connectivity index (χ2n) is 4.11. The molecule has 0 radical (unpaired) electrons. The number of hydrogen-bond acceptors (Lipinski definition) is 4. The molecule has 1 aromatic heterocycles. The molecule has 0 amide bonds. The lowest BCUT2D eigenvalue weighted by Gasteiger charge is -2.08. The highest BCUT2D eigenvalue weighted by atomic mass is 35.5. The van der Waals surface area contributed by atoms with Gasteiger partial charge in [0.15, 0.2) is 5.82 Å². The van der Waals surface area contributed by atoms with Crippen LogP contribution in [0.5, 0.6) is 5.88 Å². The Bertz CT molecular complexity index is 345. The molecule has 0 aromatic carbocycles. The van der Waals surface area contributed by atoms with Gasteiger partial charge in [0.1, 0.15) is 11.8 Å². The average molecular weight is 259 g/mol. The maximum absolute atomic E-state index is 5.88. The van der Waals surface area contributed by atoms with E-state index in [9.17, 15) is 0 Å². The van der Waals surface area contributed by atoms with Gasteiger partial charge in [-0.05, 0) is 19.3 Å². The van der Waals surface area contributed by atoms with Gasteiger partial charge in [-0.1, -0.05) is 25.4 Å². The first-order chi connectivity index (χ1) is 8.11. The lowest BCUT2D eigenvalue weighted by Crippen LogP contribution is -2.06. The molecule has 1 aromatic rings. The van der Waals surface area contributed by atoms with Gasteiger partial charge in [-0.3, -0.25) is 0 Å². The molecule has 4 nitrogen and oxygen atoms in total. The molecule has 0 saturated carbocycles. The monoisotopic (exact) mass is 258 g/mol. The minimum atomic E-state index is 0.359. The summed E-state index contributed by atoms with van der Waals surface area (Å²) in [5, 5.41) is 0.384. The Morgan fingerprint density at radius 3 is 2.76 bits per heavy atom. The van der Waals surface area contributed by atoms with Gasteiger partial charge >= 0.3 is 0 Å². The molecule has 0 atom stereocenters. The highest BCUT2D eigenvalue weighted by molar-refractivity contribution is 6.29. The van der Waals surface area contributed by atoms with Crippen molar-refractivity contribution >= 4 is 11.6 Å². The van der Waals surface area contributed by atoms with Crippen LogP contribution in [-0.4, -0.2) is 23.2 Å². The Kier molecular flexibility index (Phi) is 6.22. The maximum Gasteiger partial charge on any atom is 0.218 e. The van der Waals surface area contributed by atoms with E-state index in [1.165, 1.54) is 0 Å². The van der Waals surface area contributed by atoms with Gasteiger partial charge in [-0.2, -0.15) is 4.98 Å². The zero-order valence-electron chi connectivity index (χ0n) is 10.6. The van der Waals surface area contributed by atoms with E-state index < -0.39 is 0 Å². The molecule has 0 aliphatic heterocycles. The molecule has 5 heteroatoms. The Morgan fingerprint density at radius 1 is 1.35 bits per heavy atom. The summed E-state index contributed by atoms with van der Waals surface area (Å²) in [6.07, 6.45) is 0.989. The molecule has 0 aliphatic carbocycles. The standard InChI is InChI=1S/C12H19ClN2O2/c1-4-16-8-11-14-10(13)7-12(15-11)17-6-5-9(2)3/h7,9H,4-6,8H2,1-3H3. The van der Waals surface area contributed by atoms with Gasteiger partial charge in [0, 0.05) is 12.7 Å². The molecule has 0 fully saturated rings. The van der Waals surface area contributed by atoms with E-state index in [0.29, 0.717) is 42.6 Å². The zero-order chi connectivity index (χ0) is 12.7. The van der Waals surface area contributed by atoms with Crippen molar-refractivity contribution in [2.75, 3.05) is 13.2 Å². The SMILES string of the molecule is CCOCc1nc(Cl)cc(OCCC(C)C)n1. The third-order valence-corrected chi connectivity index (χ3v) is 2.29. The van der Waals surface area contributed by atoms with Crippen molar-refractivity contribution in [3.8, 4) is 5.88 Å². The first-order valence-corrected chi connectivity index (χ1v) is 6.23. The largest absolute Gasteiger partial charge is 0.478 e. The van der Waals surface area contributed by atoms with Crippen molar-refractivity contribution in [1.82, 2.24) is 9.97 Å². The number of rotatable bonds is 7. The van der Waals surface area contributed by atoms with Crippen LogP contribution in [0.3, 0.4) is 0 Å². The summed E-state index contributed by atoms with van der Waals surface area (Å²) < 4.78 is 10.8. The fourth-order valence-electron chi connectivity index (χ4n) is 1.17. The summed E-state index contributed by atoms with van der Waals surface area (Å²) in [5.74, 6) is 1.68. The minimum absolute atomic E-state index is 0.359. The molecule has 17 heavy (non-hydrogen) atoms. The molecular weight excluding hydrogens is 240 g/mol. The average Bonchev–Trinajstić information content (AvgIpc) is 2.25.